The minimum absolute atomic E-state index is 0.0713. The largest absolute Gasteiger partial charge is 0.507 e. The van der Waals surface area contributed by atoms with E-state index in [1.54, 1.807) is 10.9 Å². The van der Waals surface area contributed by atoms with Gasteiger partial charge in [0.15, 0.2) is 0 Å². The number of carbonyl (C=O) groups excluding carboxylic acids is 2. The fourth-order valence-electron chi connectivity index (χ4n) is 7.41. The number of fused-ring (bicyclic) bond motifs is 4. The van der Waals surface area contributed by atoms with Crippen molar-refractivity contribution < 1.29 is 24.2 Å². The predicted octanol–water partition coefficient (Wildman–Crippen LogP) is 7.56. The summed E-state index contributed by atoms with van der Waals surface area (Å²) in [6.07, 6.45) is 10.2. The van der Waals surface area contributed by atoms with Crippen LogP contribution in [0.1, 0.15) is 108 Å². The molecule has 3 aliphatic heterocycles. The summed E-state index contributed by atoms with van der Waals surface area (Å²) in [7, 11) is 0. The molecule has 1 aromatic heterocycles. The molecule has 0 unspecified atom stereocenters. The minimum atomic E-state index is -0.578. The van der Waals surface area contributed by atoms with E-state index in [1.807, 2.05) is 17.8 Å². The predicted molar refractivity (Wildman–Crippen MR) is 197 cm³/mol. The number of nitrogens with zero attached hydrogens (tertiary/aromatic N) is 3. The zero-order valence-electron chi connectivity index (χ0n) is 29.6. The molecule has 3 aromatic rings. The highest BCUT2D eigenvalue weighted by molar-refractivity contribution is 8.00. The van der Waals surface area contributed by atoms with E-state index in [9.17, 15) is 14.7 Å². The van der Waals surface area contributed by atoms with Crippen LogP contribution in [0.3, 0.4) is 0 Å². The van der Waals surface area contributed by atoms with Gasteiger partial charge >= 0.3 is 12.0 Å². The summed E-state index contributed by atoms with van der Waals surface area (Å²) < 4.78 is 13.8. The van der Waals surface area contributed by atoms with Gasteiger partial charge in [0.05, 0.1) is 30.4 Å². The lowest BCUT2D eigenvalue weighted by molar-refractivity contribution is -0.145. The van der Waals surface area contributed by atoms with Crippen molar-refractivity contribution in [2.75, 3.05) is 11.6 Å². The summed E-state index contributed by atoms with van der Waals surface area (Å²) in [5.41, 5.74) is 4.62. The van der Waals surface area contributed by atoms with Crippen molar-refractivity contribution in [2.24, 2.45) is 0 Å². The van der Waals surface area contributed by atoms with E-state index < -0.39 is 5.60 Å². The zero-order chi connectivity index (χ0) is 35.5. The molecule has 0 spiro atoms. The van der Waals surface area contributed by atoms with Crippen molar-refractivity contribution in [3.05, 3.63) is 58.9 Å². The molecule has 270 valence electrons. The molecule has 3 atom stereocenters. The number of benzene rings is 2. The highest BCUT2D eigenvalue weighted by Gasteiger charge is 2.42. The van der Waals surface area contributed by atoms with Gasteiger partial charge in [-0.25, -0.2) is 9.48 Å². The first-order chi connectivity index (χ1) is 23.9. The molecule has 10 nitrogen and oxygen atoms in total. The van der Waals surface area contributed by atoms with Crippen LogP contribution < -0.4 is 15.4 Å². The Bertz CT molecular complexity index is 1690. The second-order valence-corrected chi connectivity index (χ2v) is 16.7. The average molecular weight is 724 g/mol. The quantitative estimate of drug-likeness (QED) is 0.0598. The number of carbonyl (C=O) groups is 2. The van der Waals surface area contributed by atoms with Gasteiger partial charge in [-0.2, -0.15) is 11.8 Å². The number of nitrogens with one attached hydrogen (secondary N) is 2. The molecule has 0 radical (unpaired) electrons. The molecular weight excluding hydrogens is 674 g/mol. The number of unbranched alkanes of at least 4 members (excludes halogenated alkanes) is 4. The third kappa shape index (κ3) is 8.36. The van der Waals surface area contributed by atoms with Gasteiger partial charge in [-0.05, 0) is 79.8 Å². The molecule has 0 aliphatic carbocycles. The number of rotatable bonds is 16. The molecule has 2 saturated heterocycles. The summed E-state index contributed by atoms with van der Waals surface area (Å²) in [5, 5.41) is 26.3. The van der Waals surface area contributed by atoms with Gasteiger partial charge < -0.3 is 25.2 Å². The van der Waals surface area contributed by atoms with E-state index in [-0.39, 0.29) is 41.9 Å². The molecule has 6 rings (SSSR count). The van der Waals surface area contributed by atoms with Crippen LogP contribution in [-0.4, -0.2) is 61.1 Å². The van der Waals surface area contributed by atoms with Gasteiger partial charge in [0.2, 0.25) is 0 Å². The maximum atomic E-state index is 12.4. The topological polar surface area (TPSA) is 128 Å². The van der Waals surface area contributed by atoms with Crippen LogP contribution in [-0.2, 0) is 33.7 Å². The second-order valence-electron chi connectivity index (χ2n) is 15.0. The fraction of sp³-hybridized carbons (Fsp3) is 0.579. The summed E-state index contributed by atoms with van der Waals surface area (Å²) in [4.78, 5) is 24.0. The lowest BCUT2D eigenvalue weighted by atomic mass is 9.77. The van der Waals surface area contributed by atoms with E-state index in [2.05, 4.69) is 72.9 Å². The number of phenols is 1. The van der Waals surface area contributed by atoms with E-state index in [0.29, 0.717) is 41.1 Å². The number of amides is 2. The third-order valence-electron chi connectivity index (χ3n) is 10.3. The number of thioether (sulfide) groups is 1. The Kier molecular flexibility index (Phi) is 11.2. The lowest BCUT2D eigenvalue weighted by Gasteiger charge is -2.37. The number of urea groups is 1. The van der Waals surface area contributed by atoms with Crippen molar-refractivity contribution >= 4 is 35.4 Å². The fourth-order valence-corrected chi connectivity index (χ4v) is 9.14. The maximum absolute atomic E-state index is 12.4. The molecule has 4 heterocycles. The normalized spacial score (nSPS) is 20.3. The van der Waals surface area contributed by atoms with Crippen LogP contribution in [0, 0.1) is 0 Å². The Hall–Kier alpha value is -3.44. The molecule has 2 fully saturated rings. The highest BCUT2D eigenvalue weighted by Crippen LogP contribution is 2.51. The summed E-state index contributed by atoms with van der Waals surface area (Å²) in [5.74, 6) is 2.31. The number of aromatic hydroxyl groups is 1. The van der Waals surface area contributed by atoms with Crippen LogP contribution in [0.5, 0.6) is 11.5 Å². The molecule has 0 bridgehead atoms. The third-order valence-corrected chi connectivity index (χ3v) is 12.1. The van der Waals surface area contributed by atoms with E-state index >= 15 is 0 Å². The van der Waals surface area contributed by atoms with Gasteiger partial charge in [-0.15, -0.1) is 16.7 Å². The monoisotopic (exact) mass is 723 g/mol. The summed E-state index contributed by atoms with van der Waals surface area (Å²) >= 11 is 7.74. The van der Waals surface area contributed by atoms with Crippen LogP contribution in [0.25, 0.3) is 11.1 Å². The van der Waals surface area contributed by atoms with E-state index in [4.69, 9.17) is 21.1 Å². The standard InChI is InChI=1S/C38H50ClN5O5S/c1-37(2,15-9-5-6-10-16-39)25-18-30(45)34-27-17-24(13-14-28(27)38(3,4)49-31(34)19-25)20-44-21-26(42-43-44)22-48-33(46)12-8-7-11-32-35-29(23-50-32)40-36(47)41-35/h13-14,17-19,21,29,32,35,45H,5-12,15-16,20,22-23H2,1-4H3,(H2,40,41,47)/t29-,32-,35-/m0/s1. The van der Waals surface area contributed by atoms with Crippen molar-refractivity contribution in [1.82, 2.24) is 25.6 Å². The molecular formula is C38H50ClN5O5S. The number of phenolic OH excluding ortho intramolecular Hbond substituents is 1. The first kappa shape index (κ1) is 36.4. The molecule has 2 amide bonds. The summed E-state index contributed by atoms with van der Waals surface area (Å²) in [6, 6.07) is 10.5. The van der Waals surface area contributed by atoms with E-state index in [1.165, 1.54) is 0 Å². The van der Waals surface area contributed by atoms with E-state index in [0.717, 1.165) is 79.4 Å². The van der Waals surface area contributed by atoms with Crippen LogP contribution in [0.2, 0.25) is 0 Å². The molecule has 12 heteroatoms. The Morgan fingerprint density at radius 3 is 2.78 bits per heavy atom. The van der Waals surface area contributed by atoms with Crippen LogP contribution in [0.15, 0.2) is 36.5 Å². The van der Waals surface area contributed by atoms with Gasteiger partial charge in [0.25, 0.3) is 0 Å². The Balaban J connectivity index is 1.04. The van der Waals surface area contributed by atoms with Crippen molar-refractivity contribution in [1.29, 1.82) is 0 Å². The van der Waals surface area contributed by atoms with Gasteiger partial charge in [-0.1, -0.05) is 56.9 Å². The molecule has 50 heavy (non-hydrogen) atoms. The molecule has 2 aromatic carbocycles. The number of ether oxygens (including phenoxy) is 2. The van der Waals surface area contributed by atoms with Gasteiger partial charge in [0, 0.05) is 28.9 Å². The van der Waals surface area contributed by atoms with Crippen molar-refractivity contribution in [3.63, 3.8) is 0 Å². The first-order valence-corrected chi connectivity index (χ1v) is 19.5. The number of aromatic nitrogens is 3. The minimum Gasteiger partial charge on any atom is -0.507 e. The number of hydrogen-bond donors (Lipinski definition) is 3. The average Bonchev–Trinajstić information content (AvgIpc) is 3.77. The maximum Gasteiger partial charge on any atom is 0.315 e. The summed E-state index contributed by atoms with van der Waals surface area (Å²) in [6.45, 7) is 9.11. The Labute approximate surface area is 304 Å². The SMILES string of the molecule is CC(C)(CCCCCCCl)c1cc(O)c2c(c1)OC(C)(C)c1ccc(Cn3cc(COC(=O)CCCC[C@@H]4SC[C@@H]5NC(=O)N[C@@H]54)nn3)cc1-2. The number of alkyl halides is 1. The highest BCUT2D eigenvalue weighted by atomic mass is 35.5. The van der Waals surface area contributed by atoms with Crippen molar-refractivity contribution in [3.8, 4) is 22.6 Å². The first-order valence-electron chi connectivity index (χ1n) is 17.9. The number of esters is 1. The Morgan fingerprint density at radius 1 is 1.14 bits per heavy atom. The van der Waals surface area contributed by atoms with Crippen LogP contribution >= 0.6 is 23.4 Å². The molecule has 3 N–H and O–H groups in total. The number of hydrogen-bond acceptors (Lipinski definition) is 8. The smallest absolute Gasteiger partial charge is 0.315 e. The second kappa shape index (κ2) is 15.4. The van der Waals surface area contributed by atoms with Crippen molar-refractivity contribution in [2.45, 2.75) is 127 Å². The van der Waals surface area contributed by atoms with Gasteiger partial charge in [-0.3, -0.25) is 4.79 Å². The lowest BCUT2D eigenvalue weighted by Crippen LogP contribution is -2.36. The number of halogens is 1. The molecule has 3 aliphatic rings. The Morgan fingerprint density at radius 2 is 1.96 bits per heavy atom. The molecule has 0 saturated carbocycles. The van der Waals surface area contributed by atoms with Crippen LogP contribution in [0.4, 0.5) is 4.79 Å². The van der Waals surface area contributed by atoms with Gasteiger partial charge in [0.1, 0.15) is 29.4 Å². The zero-order valence-corrected chi connectivity index (χ0v) is 31.2.